The molecule has 214 valence electrons. The molecule has 4 rings (SSSR count). The highest BCUT2D eigenvalue weighted by Gasteiger charge is 2.45. The number of ether oxygens (including phenoxy) is 2. The summed E-state index contributed by atoms with van der Waals surface area (Å²) >= 11 is 1.83. The number of hydrogen-bond donors (Lipinski definition) is 1. The fourth-order valence-corrected chi connectivity index (χ4v) is 8.37. The molecule has 0 saturated carbocycles. The number of sulfone groups is 1. The van der Waals surface area contributed by atoms with E-state index in [0.717, 1.165) is 16.7 Å². The lowest BCUT2D eigenvalue weighted by molar-refractivity contribution is -0.157. The highest BCUT2D eigenvalue weighted by molar-refractivity contribution is 8.01. The summed E-state index contributed by atoms with van der Waals surface area (Å²) in [5.41, 5.74) is 2.29. The van der Waals surface area contributed by atoms with Gasteiger partial charge in [-0.15, -0.1) is 11.8 Å². The van der Waals surface area contributed by atoms with Gasteiger partial charge in [-0.2, -0.15) is 0 Å². The van der Waals surface area contributed by atoms with Gasteiger partial charge >= 0.3 is 5.97 Å². The zero-order valence-electron chi connectivity index (χ0n) is 23.5. The Kier molecular flexibility index (Phi) is 10.1. The average molecular weight is 582 g/mol. The third-order valence-electron chi connectivity index (χ3n) is 7.21. The number of rotatable bonds is 12. The molecule has 0 bridgehead atoms. The predicted molar refractivity (Wildman–Crippen MR) is 162 cm³/mol. The molecule has 1 heterocycles. The molecule has 1 fully saturated rings. The van der Waals surface area contributed by atoms with Gasteiger partial charge in [-0.05, 0) is 35.4 Å². The number of carbonyl (C=O) groups is 1. The Balaban J connectivity index is 1.69. The van der Waals surface area contributed by atoms with Crippen LogP contribution in [-0.4, -0.2) is 57.1 Å². The van der Waals surface area contributed by atoms with Crippen molar-refractivity contribution in [1.29, 1.82) is 0 Å². The van der Waals surface area contributed by atoms with Crippen molar-refractivity contribution in [2.24, 2.45) is 5.92 Å². The van der Waals surface area contributed by atoms with E-state index in [9.17, 15) is 13.2 Å². The maximum absolute atomic E-state index is 13.0. The molecule has 0 aliphatic carbocycles. The SMILES string of the molecule is COC(=O)C(CC(C)C)OC([C@@H]1C[C@@H](SC(c2ccccc2)(c2ccccc2)c2ccccc2)CN1)S(C)(=O)=O. The topological polar surface area (TPSA) is 81.7 Å². The van der Waals surface area contributed by atoms with Crippen molar-refractivity contribution in [2.45, 2.75) is 54.3 Å². The summed E-state index contributed by atoms with van der Waals surface area (Å²) in [7, 11) is -2.35. The highest BCUT2D eigenvalue weighted by Crippen LogP contribution is 2.51. The number of thioether (sulfide) groups is 1. The van der Waals surface area contributed by atoms with Crippen LogP contribution >= 0.6 is 11.8 Å². The van der Waals surface area contributed by atoms with Gasteiger partial charge in [0.05, 0.1) is 11.9 Å². The molecular weight excluding hydrogens is 542 g/mol. The minimum Gasteiger partial charge on any atom is -0.467 e. The summed E-state index contributed by atoms with van der Waals surface area (Å²) in [5, 5.41) is 3.50. The van der Waals surface area contributed by atoms with E-state index in [4.69, 9.17) is 9.47 Å². The number of benzene rings is 3. The van der Waals surface area contributed by atoms with Gasteiger partial charge < -0.3 is 14.8 Å². The standard InChI is InChI=1S/C32H39NO5S2/c1-23(2)20-29(30(34)37-3)38-31(40(4,35)36)28-21-27(22-33-28)39-32(24-14-8-5-9-15-24,25-16-10-6-11-17-25)26-18-12-7-13-19-26/h5-19,23,27-29,31,33H,20-22H2,1-4H3/t27-,28+,29?,31?/m1/s1. The van der Waals surface area contributed by atoms with Crippen LogP contribution in [0.5, 0.6) is 0 Å². The normalized spacial score (nSPS) is 19.3. The third-order valence-corrected chi connectivity index (χ3v) is 10.2. The van der Waals surface area contributed by atoms with Crippen LogP contribution in [0.4, 0.5) is 0 Å². The minimum absolute atomic E-state index is 0.0696. The number of carbonyl (C=O) groups excluding carboxylic acids is 1. The van der Waals surface area contributed by atoms with Gasteiger partial charge in [-0.3, -0.25) is 0 Å². The van der Waals surface area contributed by atoms with Crippen LogP contribution in [0.2, 0.25) is 0 Å². The second-order valence-electron chi connectivity index (χ2n) is 10.7. The van der Waals surface area contributed by atoms with Crippen LogP contribution in [-0.2, 0) is 28.9 Å². The summed E-state index contributed by atoms with van der Waals surface area (Å²) in [5.74, 6) is -0.421. The molecule has 0 amide bonds. The minimum atomic E-state index is -3.65. The van der Waals surface area contributed by atoms with E-state index in [1.807, 2.05) is 43.8 Å². The van der Waals surface area contributed by atoms with Crippen LogP contribution in [0.3, 0.4) is 0 Å². The summed E-state index contributed by atoms with van der Waals surface area (Å²) in [4.78, 5) is 12.5. The van der Waals surface area contributed by atoms with Gasteiger partial charge in [0.1, 0.15) is 0 Å². The van der Waals surface area contributed by atoms with Gasteiger partial charge in [0, 0.05) is 24.1 Å². The monoisotopic (exact) mass is 581 g/mol. The van der Waals surface area contributed by atoms with Crippen molar-refractivity contribution in [1.82, 2.24) is 5.32 Å². The second-order valence-corrected chi connectivity index (χ2v) is 14.4. The molecule has 0 spiro atoms. The van der Waals surface area contributed by atoms with Crippen molar-refractivity contribution < 1.29 is 22.7 Å². The Morgan fingerprint density at radius 1 is 0.925 bits per heavy atom. The Hall–Kier alpha value is -2.65. The van der Waals surface area contributed by atoms with Crippen LogP contribution in [0.1, 0.15) is 43.4 Å². The molecule has 3 aromatic rings. The lowest BCUT2D eigenvalue weighted by Crippen LogP contribution is -2.46. The summed E-state index contributed by atoms with van der Waals surface area (Å²) in [6.07, 6.45) is 1.16. The third kappa shape index (κ3) is 6.97. The van der Waals surface area contributed by atoms with Gasteiger partial charge in [0.2, 0.25) is 0 Å². The van der Waals surface area contributed by atoms with E-state index < -0.39 is 38.1 Å². The molecule has 40 heavy (non-hydrogen) atoms. The smallest absolute Gasteiger partial charge is 0.335 e. The predicted octanol–water partition coefficient (Wildman–Crippen LogP) is 5.42. The van der Waals surface area contributed by atoms with E-state index in [2.05, 4.69) is 78.1 Å². The number of hydrogen-bond acceptors (Lipinski definition) is 7. The Bertz CT molecular complexity index is 1240. The van der Waals surface area contributed by atoms with E-state index in [1.54, 1.807) is 0 Å². The van der Waals surface area contributed by atoms with Crippen LogP contribution in [0.25, 0.3) is 0 Å². The fraction of sp³-hybridized carbons (Fsp3) is 0.406. The van der Waals surface area contributed by atoms with Crippen LogP contribution < -0.4 is 5.32 Å². The molecule has 3 aromatic carbocycles. The van der Waals surface area contributed by atoms with Crippen molar-refractivity contribution in [3.63, 3.8) is 0 Å². The molecule has 8 heteroatoms. The molecule has 1 aliphatic heterocycles. The van der Waals surface area contributed by atoms with Gasteiger partial charge in [-0.1, -0.05) is 105 Å². The number of esters is 1. The van der Waals surface area contributed by atoms with E-state index in [-0.39, 0.29) is 11.2 Å². The number of nitrogens with one attached hydrogen (secondary N) is 1. The lowest BCUT2D eigenvalue weighted by atomic mass is 9.84. The van der Waals surface area contributed by atoms with Crippen molar-refractivity contribution in [3.8, 4) is 0 Å². The first kappa shape index (κ1) is 30.3. The van der Waals surface area contributed by atoms with Gasteiger partial charge in [0.25, 0.3) is 0 Å². The molecule has 1 aliphatic rings. The van der Waals surface area contributed by atoms with E-state index in [0.29, 0.717) is 19.4 Å². The number of methoxy groups -OCH3 is 1. The molecule has 0 aromatic heterocycles. The summed E-state index contributed by atoms with van der Waals surface area (Å²) < 4.78 is 36.5. The second kappa shape index (κ2) is 13.3. The summed E-state index contributed by atoms with van der Waals surface area (Å²) in [6, 6.07) is 30.9. The first-order valence-electron chi connectivity index (χ1n) is 13.6. The van der Waals surface area contributed by atoms with E-state index >= 15 is 0 Å². The Morgan fingerprint density at radius 2 is 1.40 bits per heavy atom. The maximum atomic E-state index is 13.0. The zero-order valence-corrected chi connectivity index (χ0v) is 25.2. The van der Waals surface area contributed by atoms with Crippen molar-refractivity contribution in [3.05, 3.63) is 108 Å². The molecule has 4 atom stereocenters. The zero-order chi connectivity index (χ0) is 28.8. The fourth-order valence-electron chi connectivity index (χ4n) is 5.43. The molecule has 1 N–H and O–H groups in total. The largest absolute Gasteiger partial charge is 0.467 e. The van der Waals surface area contributed by atoms with Crippen LogP contribution in [0.15, 0.2) is 91.0 Å². The van der Waals surface area contributed by atoms with Crippen LogP contribution in [0, 0.1) is 5.92 Å². The van der Waals surface area contributed by atoms with Crippen molar-refractivity contribution >= 4 is 27.6 Å². The molecule has 6 nitrogen and oxygen atoms in total. The molecule has 0 radical (unpaired) electrons. The van der Waals surface area contributed by atoms with E-state index in [1.165, 1.54) is 13.4 Å². The Labute approximate surface area is 242 Å². The first-order valence-corrected chi connectivity index (χ1v) is 16.5. The van der Waals surface area contributed by atoms with Gasteiger partial charge in [-0.25, -0.2) is 13.2 Å². The molecular formula is C32H39NO5S2. The summed E-state index contributed by atoms with van der Waals surface area (Å²) in [6.45, 7) is 4.53. The molecule has 2 unspecified atom stereocenters. The maximum Gasteiger partial charge on any atom is 0.335 e. The molecule has 1 saturated heterocycles. The quantitative estimate of drug-likeness (QED) is 0.226. The van der Waals surface area contributed by atoms with Gasteiger partial charge in [0.15, 0.2) is 21.4 Å². The highest BCUT2D eigenvalue weighted by atomic mass is 32.2. The average Bonchev–Trinajstić information content (AvgIpc) is 3.41. The Morgan fingerprint density at radius 3 is 1.80 bits per heavy atom. The lowest BCUT2D eigenvalue weighted by Gasteiger charge is -2.37. The van der Waals surface area contributed by atoms with Crippen molar-refractivity contribution in [2.75, 3.05) is 19.9 Å². The first-order chi connectivity index (χ1) is 19.1.